The standard InChI is InChI=1S/C17H22N4OS/c1-13-4-6-15(7-5-13)19-16(22)20-8-3-9-21(11-10-20)17-18-14(2)12-23-17/h4-7,12H,3,8-11H2,1-2H3,(H,19,22). The van der Waals surface area contributed by atoms with Crippen molar-refractivity contribution in [2.24, 2.45) is 0 Å². The van der Waals surface area contributed by atoms with E-state index in [-0.39, 0.29) is 6.03 Å². The molecule has 0 spiro atoms. The molecule has 0 bridgehead atoms. The average molecular weight is 330 g/mol. The maximum absolute atomic E-state index is 12.4. The van der Waals surface area contributed by atoms with Gasteiger partial charge in [0.25, 0.3) is 0 Å². The molecule has 0 aliphatic carbocycles. The highest BCUT2D eigenvalue weighted by Crippen LogP contribution is 2.21. The first-order chi connectivity index (χ1) is 11.1. The van der Waals surface area contributed by atoms with E-state index < -0.39 is 0 Å². The minimum Gasteiger partial charge on any atom is -0.346 e. The van der Waals surface area contributed by atoms with Crippen LogP contribution in [-0.4, -0.2) is 42.1 Å². The molecule has 2 amide bonds. The summed E-state index contributed by atoms with van der Waals surface area (Å²) in [5.41, 5.74) is 3.09. The van der Waals surface area contributed by atoms with Crippen molar-refractivity contribution >= 4 is 28.2 Å². The van der Waals surface area contributed by atoms with Gasteiger partial charge in [0.05, 0.1) is 5.69 Å². The van der Waals surface area contributed by atoms with Crippen molar-refractivity contribution in [2.45, 2.75) is 20.3 Å². The van der Waals surface area contributed by atoms with Crippen molar-refractivity contribution in [2.75, 3.05) is 36.4 Å². The van der Waals surface area contributed by atoms with E-state index in [1.54, 1.807) is 11.3 Å². The van der Waals surface area contributed by atoms with Gasteiger partial charge in [0.1, 0.15) is 0 Å². The number of thiazole rings is 1. The second-order valence-electron chi connectivity index (χ2n) is 5.90. The van der Waals surface area contributed by atoms with Crippen LogP contribution in [0, 0.1) is 13.8 Å². The number of carbonyl (C=O) groups excluding carboxylic acids is 1. The van der Waals surface area contributed by atoms with Crippen molar-refractivity contribution in [3.8, 4) is 0 Å². The quantitative estimate of drug-likeness (QED) is 0.917. The van der Waals surface area contributed by atoms with Crippen molar-refractivity contribution < 1.29 is 4.79 Å². The van der Waals surface area contributed by atoms with Gasteiger partial charge in [0.15, 0.2) is 5.13 Å². The first-order valence-corrected chi connectivity index (χ1v) is 8.79. The van der Waals surface area contributed by atoms with E-state index in [0.29, 0.717) is 0 Å². The summed E-state index contributed by atoms with van der Waals surface area (Å²) in [6.45, 7) is 7.32. The summed E-state index contributed by atoms with van der Waals surface area (Å²) in [4.78, 5) is 21.1. The van der Waals surface area contributed by atoms with Crippen LogP contribution in [0.25, 0.3) is 0 Å². The molecule has 1 aromatic carbocycles. The van der Waals surface area contributed by atoms with E-state index in [9.17, 15) is 4.79 Å². The van der Waals surface area contributed by atoms with Gasteiger partial charge in [0.2, 0.25) is 0 Å². The van der Waals surface area contributed by atoms with Gasteiger partial charge in [-0.3, -0.25) is 0 Å². The van der Waals surface area contributed by atoms with Crippen molar-refractivity contribution in [3.63, 3.8) is 0 Å². The minimum absolute atomic E-state index is 0.0222. The predicted octanol–water partition coefficient (Wildman–Crippen LogP) is 3.50. The van der Waals surface area contributed by atoms with E-state index in [0.717, 1.165) is 49.1 Å². The molecule has 0 unspecified atom stereocenters. The smallest absolute Gasteiger partial charge is 0.321 e. The number of anilines is 2. The number of nitrogens with one attached hydrogen (secondary N) is 1. The number of urea groups is 1. The average Bonchev–Trinajstić information content (AvgIpc) is 2.83. The normalized spacial score (nSPS) is 15.4. The highest BCUT2D eigenvalue weighted by Gasteiger charge is 2.20. The summed E-state index contributed by atoms with van der Waals surface area (Å²) in [7, 11) is 0. The maximum atomic E-state index is 12.4. The molecule has 1 aromatic heterocycles. The summed E-state index contributed by atoms with van der Waals surface area (Å²) in [6, 6.07) is 7.87. The lowest BCUT2D eigenvalue weighted by molar-refractivity contribution is 0.215. The number of nitrogens with zero attached hydrogens (tertiary/aromatic N) is 3. The SMILES string of the molecule is Cc1ccc(NC(=O)N2CCCN(c3nc(C)cs3)CC2)cc1. The fourth-order valence-corrected chi connectivity index (χ4v) is 3.50. The molecule has 1 N–H and O–H groups in total. The van der Waals surface area contributed by atoms with E-state index >= 15 is 0 Å². The lowest BCUT2D eigenvalue weighted by Crippen LogP contribution is -2.38. The summed E-state index contributed by atoms with van der Waals surface area (Å²) < 4.78 is 0. The number of benzene rings is 1. The third kappa shape index (κ3) is 4.01. The van der Waals surface area contributed by atoms with Crippen LogP contribution in [0.5, 0.6) is 0 Å². The van der Waals surface area contributed by atoms with Gasteiger partial charge in [-0.2, -0.15) is 0 Å². The number of hydrogen-bond acceptors (Lipinski definition) is 4. The number of hydrogen-bond donors (Lipinski definition) is 1. The molecule has 1 aliphatic heterocycles. The zero-order valence-corrected chi connectivity index (χ0v) is 14.4. The molecular weight excluding hydrogens is 308 g/mol. The van der Waals surface area contributed by atoms with Gasteiger partial charge in [-0.1, -0.05) is 17.7 Å². The van der Waals surface area contributed by atoms with Crippen LogP contribution in [0.3, 0.4) is 0 Å². The van der Waals surface area contributed by atoms with Crippen LogP contribution < -0.4 is 10.2 Å². The fraction of sp³-hybridized carbons (Fsp3) is 0.412. The maximum Gasteiger partial charge on any atom is 0.321 e. The van der Waals surface area contributed by atoms with Gasteiger partial charge in [-0.15, -0.1) is 11.3 Å². The van der Waals surface area contributed by atoms with Crippen LogP contribution in [0.15, 0.2) is 29.6 Å². The van der Waals surface area contributed by atoms with E-state index in [1.165, 1.54) is 5.56 Å². The first kappa shape index (κ1) is 15.8. The molecule has 1 saturated heterocycles. The minimum atomic E-state index is -0.0222. The topological polar surface area (TPSA) is 48.5 Å². The number of aryl methyl sites for hydroxylation is 2. The Morgan fingerprint density at radius 2 is 1.91 bits per heavy atom. The summed E-state index contributed by atoms with van der Waals surface area (Å²) in [5, 5.41) is 6.11. The largest absolute Gasteiger partial charge is 0.346 e. The third-order valence-electron chi connectivity index (χ3n) is 3.96. The van der Waals surface area contributed by atoms with Crippen molar-refractivity contribution in [1.82, 2.24) is 9.88 Å². The Labute approximate surface area is 140 Å². The Hall–Kier alpha value is -2.08. The number of amides is 2. The second kappa shape index (κ2) is 7.00. The van der Waals surface area contributed by atoms with Gasteiger partial charge in [-0.05, 0) is 32.4 Å². The molecule has 3 rings (SSSR count). The zero-order valence-electron chi connectivity index (χ0n) is 13.6. The van der Waals surface area contributed by atoms with Crippen molar-refractivity contribution in [1.29, 1.82) is 0 Å². The first-order valence-electron chi connectivity index (χ1n) is 7.91. The van der Waals surface area contributed by atoms with Crippen LogP contribution in [0.2, 0.25) is 0 Å². The van der Waals surface area contributed by atoms with Gasteiger partial charge < -0.3 is 15.1 Å². The van der Waals surface area contributed by atoms with Gasteiger partial charge in [0, 0.05) is 37.2 Å². The summed E-state index contributed by atoms with van der Waals surface area (Å²) in [6.07, 6.45) is 0.958. The molecule has 1 fully saturated rings. The summed E-state index contributed by atoms with van der Waals surface area (Å²) in [5.74, 6) is 0. The third-order valence-corrected chi connectivity index (χ3v) is 4.98. The molecule has 0 atom stereocenters. The number of carbonyl (C=O) groups is 1. The molecular formula is C17H22N4OS. The Balaban J connectivity index is 1.58. The molecule has 1 aliphatic rings. The Morgan fingerprint density at radius 3 is 2.61 bits per heavy atom. The molecule has 23 heavy (non-hydrogen) atoms. The molecule has 6 heteroatoms. The lowest BCUT2D eigenvalue weighted by Gasteiger charge is -2.22. The van der Waals surface area contributed by atoms with Crippen LogP contribution in [0.1, 0.15) is 17.7 Å². The van der Waals surface area contributed by atoms with Crippen LogP contribution in [0.4, 0.5) is 15.6 Å². The molecule has 2 aromatic rings. The lowest BCUT2D eigenvalue weighted by atomic mass is 10.2. The monoisotopic (exact) mass is 330 g/mol. The molecule has 0 radical (unpaired) electrons. The van der Waals surface area contributed by atoms with Gasteiger partial charge in [-0.25, -0.2) is 9.78 Å². The molecule has 5 nitrogen and oxygen atoms in total. The van der Waals surface area contributed by atoms with E-state index in [4.69, 9.17) is 0 Å². The highest BCUT2D eigenvalue weighted by atomic mass is 32.1. The number of aromatic nitrogens is 1. The highest BCUT2D eigenvalue weighted by molar-refractivity contribution is 7.13. The Kier molecular flexibility index (Phi) is 4.81. The molecule has 122 valence electrons. The fourth-order valence-electron chi connectivity index (χ4n) is 2.64. The Bertz CT molecular complexity index is 667. The second-order valence-corrected chi connectivity index (χ2v) is 6.73. The predicted molar refractivity (Wildman–Crippen MR) is 95.5 cm³/mol. The summed E-state index contributed by atoms with van der Waals surface area (Å²) >= 11 is 1.67. The van der Waals surface area contributed by atoms with E-state index in [2.05, 4.69) is 20.6 Å². The molecule has 0 saturated carbocycles. The van der Waals surface area contributed by atoms with Gasteiger partial charge >= 0.3 is 6.03 Å². The van der Waals surface area contributed by atoms with Crippen molar-refractivity contribution in [3.05, 3.63) is 40.9 Å². The van der Waals surface area contributed by atoms with E-state index in [1.807, 2.05) is 43.0 Å². The van der Waals surface area contributed by atoms with Crippen LogP contribution in [-0.2, 0) is 0 Å². The number of rotatable bonds is 2. The van der Waals surface area contributed by atoms with Crippen LogP contribution >= 0.6 is 11.3 Å². The Morgan fingerprint density at radius 1 is 1.13 bits per heavy atom. The molecule has 2 heterocycles. The zero-order chi connectivity index (χ0) is 16.2.